The zero-order valence-corrected chi connectivity index (χ0v) is 22.6. The maximum atomic E-state index is 13.6. The quantitative estimate of drug-likeness (QED) is 0.555. The van der Waals surface area contributed by atoms with Crippen LogP contribution in [0.3, 0.4) is 0 Å². The molecule has 3 saturated heterocycles. The molecule has 4 fully saturated rings. The highest BCUT2D eigenvalue weighted by Gasteiger charge is 2.43. The first-order valence-electron chi connectivity index (χ1n) is 13.7. The topological polar surface area (TPSA) is 132 Å². The van der Waals surface area contributed by atoms with Gasteiger partial charge in [0.2, 0.25) is 10.0 Å². The highest BCUT2D eigenvalue weighted by Crippen LogP contribution is 2.42. The molecule has 1 aromatic carbocycles. The molecule has 1 unspecified atom stereocenters. The van der Waals surface area contributed by atoms with E-state index in [4.69, 9.17) is 14.6 Å². The monoisotopic (exact) mass is 554 g/mol. The van der Waals surface area contributed by atoms with Crippen molar-refractivity contribution in [3.05, 3.63) is 53.3 Å². The summed E-state index contributed by atoms with van der Waals surface area (Å²) in [6, 6.07) is 8.70. The number of nitrogens with two attached hydrogens (primary N) is 1. The van der Waals surface area contributed by atoms with Gasteiger partial charge in [0, 0.05) is 63.0 Å². The van der Waals surface area contributed by atoms with Crippen LogP contribution in [0.2, 0.25) is 0 Å². The van der Waals surface area contributed by atoms with Crippen LogP contribution in [0.1, 0.15) is 58.0 Å². The first kappa shape index (κ1) is 26.2. The minimum absolute atomic E-state index is 0.0148. The number of hydrogen-bond acceptors (Lipinski definition) is 7. The van der Waals surface area contributed by atoms with Gasteiger partial charge in [0.05, 0.1) is 6.61 Å². The predicted molar refractivity (Wildman–Crippen MR) is 142 cm³/mol. The van der Waals surface area contributed by atoms with Gasteiger partial charge in [-0.3, -0.25) is 9.59 Å². The van der Waals surface area contributed by atoms with E-state index in [1.54, 1.807) is 4.90 Å². The molecule has 3 aliphatic heterocycles. The Kier molecular flexibility index (Phi) is 7.07. The predicted octanol–water partition coefficient (Wildman–Crippen LogP) is 2.26. The number of carbonyl (C=O) groups excluding carboxylic acids is 2. The molecule has 4 heterocycles. The van der Waals surface area contributed by atoms with Crippen molar-refractivity contribution in [2.24, 2.45) is 22.9 Å². The average molecular weight is 555 g/mol. The van der Waals surface area contributed by atoms with E-state index in [1.165, 1.54) is 17.7 Å². The molecule has 1 aliphatic carbocycles. The van der Waals surface area contributed by atoms with E-state index in [0.717, 1.165) is 50.8 Å². The Morgan fingerprint density at radius 2 is 1.62 bits per heavy atom. The number of nitrogens with zero attached hydrogens (tertiary/aromatic N) is 3. The minimum Gasteiger partial charge on any atom is -0.493 e. The third-order valence-corrected chi connectivity index (χ3v) is 9.29. The molecular weight excluding hydrogens is 520 g/mol. The molecule has 208 valence electrons. The number of hydrogen-bond donors (Lipinski definition) is 1. The molecule has 6 rings (SSSR count). The van der Waals surface area contributed by atoms with Crippen LogP contribution in [-0.4, -0.2) is 81.0 Å². The Hall–Kier alpha value is -3.02. The highest BCUT2D eigenvalue weighted by atomic mass is 32.2. The average Bonchev–Trinajstić information content (AvgIpc) is 3.61. The van der Waals surface area contributed by atoms with Gasteiger partial charge >= 0.3 is 0 Å². The second-order valence-electron chi connectivity index (χ2n) is 11.3. The SMILES string of the molecule is NS(=O)(=O)c1ccc(C(=O)N2CC3CN(C(=O)c4cc(OCC5CCOCC5)cc(C5CC5)c4)C[C@@H]3C2)nc1. The highest BCUT2D eigenvalue weighted by molar-refractivity contribution is 7.89. The van der Waals surface area contributed by atoms with E-state index in [2.05, 4.69) is 11.1 Å². The number of rotatable bonds is 7. The van der Waals surface area contributed by atoms with Gasteiger partial charge in [0.15, 0.2) is 0 Å². The summed E-state index contributed by atoms with van der Waals surface area (Å²) in [6.45, 7) is 4.46. The Morgan fingerprint density at radius 3 is 2.21 bits per heavy atom. The van der Waals surface area contributed by atoms with Crippen molar-refractivity contribution in [1.29, 1.82) is 0 Å². The number of primary sulfonamides is 1. The van der Waals surface area contributed by atoms with Crippen molar-refractivity contribution in [3.63, 3.8) is 0 Å². The van der Waals surface area contributed by atoms with Gasteiger partial charge in [-0.15, -0.1) is 0 Å². The molecule has 4 aliphatic rings. The Labute approximate surface area is 228 Å². The molecule has 2 atom stereocenters. The van der Waals surface area contributed by atoms with E-state index in [-0.39, 0.29) is 34.2 Å². The number of sulfonamides is 1. The Balaban J connectivity index is 1.09. The fourth-order valence-corrected chi connectivity index (χ4v) is 6.41. The zero-order chi connectivity index (χ0) is 27.1. The lowest BCUT2D eigenvalue weighted by Crippen LogP contribution is -2.36. The summed E-state index contributed by atoms with van der Waals surface area (Å²) in [5.74, 6) is 1.91. The molecule has 0 radical (unpaired) electrons. The van der Waals surface area contributed by atoms with Crippen molar-refractivity contribution in [2.75, 3.05) is 46.0 Å². The second-order valence-corrected chi connectivity index (χ2v) is 12.9. The number of likely N-dealkylation sites (tertiary alicyclic amines) is 2. The molecule has 11 heteroatoms. The lowest BCUT2D eigenvalue weighted by Gasteiger charge is -2.23. The second kappa shape index (κ2) is 10.5. The fourth-order valence-electron chi connectivity index (χ4n) is 5.95. The van der Waals surface area contributed by atoms with Crippen molar-refractivity contribution in [3.8, 4) is 5.75 Å². The number of amides is 2. The zero-order valence-electron chi connectivity index (χ0n) is 21.8. The third kappa shape index (κ3) is 5.80. The maximum Gasteiger partial charge on any atom is 0.272 e. The van der Waals surface area contributed by atoms with Crippen LogP contribution in [0.15, 0.2) is 41.4 Å². The summed E-state index contributed by atoms with van der Waals surface area (Å²) in [5, 5.41) is 5.12. The standard InChI is InChI=1S/C28H34N4O6S/c29-39(35,36)25-3-4-26(30-12-25)28(34)32-15-22-13-31(14-23(22)16-32)27(33)21-9-20(19-1-2-19)10-24(11-21)38-17-18-5-7-37-8-6-18/h3-4,9-12,18-19,22-23H,1-2,5-8,13-17H2,(H2,29,35,36)/t22-,23?/m1/s1. The van der Waals surface area contributed by atoms with E-state index < -0.39 is 10.0 Å². The van der Waals surface area contributed by atoms with E-state index >= 15 is 0 Å². The summed E-state index contributed by atoms with van der Waals surface area (Å²) in [7, 11) is -3.87. The largest absolute Gasteiger partial charge is 0.493 e. The molecule has 0 bridgehead atoms. The van der Waals surface area contributed by atoms with Crippen LogP contribution < -0.4 is 9.88 Å². The number of carbonyl (C=O) groups is 2. The Morgan fingerprint density at radius 1 is 0.949 bits per heavy atom. The van der Waals surface area contributed by atoms with Gasteiger partial charge in [-0.1, -0.05) is 0 Å². The summed E-state index contributed by atoms with van der Waals surface area (Å²) in [4.78, 5) is 34.1. The van der Waals surface area contributed by atoms with Crippen LogP contribution >= 0.6 is 0 Å². The number of aromatic nitrogens is 1. The molecule has 2 amide bonds. The molecule has 0 spiro atoms. The van der Waals surface area contributed by atoms with Gasteiger partial charge in [-0.2, -0.15) is 0 Å². The number of pyridine rings is 1. The number of fused-ring (bicyclic) bond motifs is 1. The lowest BCUT2D eigenvalue weighted by molar-refractivity contribution is 0.0497. The van der Waals surface area contributed by atoms with Crippen LogP contribution in [0.4, 0.5) is 0 Å². The summed E-state index contributed by atoms with van der Waals surface area (Å²) in [5.41, 5.74) is 2.04. The molecule has 2 N–H and O–H groups in total. The number of benzene rings is 1. The van der Waals surface area contributed by atoms with Crippen LogP contribution in [0, 0.1) is 17.8 Å². The van der Waals surface area contributed by atoms with E-state index in [0.29, 0.717) is 50.2 Å². The lowest BCUT2D eigenvalue weighted by atomic mass is 10.0. The van der Waals surface area contributed by atoms with Crippen molar-refractivity contribution < 1.29 is 27.5 Å². The molecule has 2 aromatic rings. The van der Waals surface area contributed by atoms with Gasteiger partial charge < -0.3 is 19.3 Å². The van der Waals surface area contributed by atoms with Crippen LogP contribution in [0.25, 0.3) is 0 Å². The van der Waals surface area contributed by atoms with Gasteiger partial charge in [0.1, 0.15) is 16.3 Å². The van der Waals surface area contributed by atoms with E-state index in [9.17, 15) is 18.0 Å². The van der Waals surface area contributed by atoms with E-state index in [1.807, 2.05) is 17.0 Å². The third-order valence-electron chi connectivity index (χ3n) is 8.40. The van der Waals surface area contributed by atoms with Crippen molar-refractivity contribution in [2.45, 2.75) is 36.5 Å². The molecular formula is C28H34N4O6S. The molecule has 1 saturated carbocycles. The Bertz CT molecular complexity index is 1340. The van der Waals surface area contributed by atoms with Gasteiger partial charge in [-0.05, 0) is 73.4 Å². The van der Waals surface area contributed by atoms with Crippen molar-refractivity contribution >= 4 is 21.8 Å². The normalized spacial score (nSPS) is 23.6. The number of ether oxygens (including phenoxy) is 2. The van der Waals surface area contributed by atoms with Crippen LogP contribution in [-0.2, 0) is 14.8 Å². The van der Waals surface area contributed by atoms with Gasteiger partial charge in [-0.25, -0.2) is 18.5 Å². The summed E-state index contributed by atoms with van der Waals surface area (Å²) >= 11 is 0. The first-order chi connectivity index (χ1) is 18.7. The molecule has 10 nitrogen and oxygen atoms in total. The molecule has 1 aromatic heterocycles. The van der Waals surface area contributed by atoms with Crippen LogP contribution in [0.5, 0.6) is 5.75 Å². The summed E-state index contributed by atoms with van der Waals surface area (Å²) in [6.07, 6.45) is 5.41. The fraction of sp³-hybridized carbons (Fsp3) is 0.536. The minimum atomic E-state index is -3.87. The smallest absolute Gasteiger partial charge is 0.272 e. The first-order valence-corrected chi connectivity index (χ1v) is 15.2. The van der Waals surface area contributed by atoms with Crippen molar-refractivity contribution in [1.82, 2.24) is 14.8 Å². The molecule has 39 heavy (non-hydrogen) atoms. The van der Waals surface area contributed by atoms with Gasteiger partial charge in [0.25, 0.3) is 11.8 Å². The summed E-state index contributed by atoms with van der Waals surface area (Å²) < 4.78 is 34.6. The maximum absolute atomic E-state index is 13.6.